The number of ether oxygens (including phenoxy) is 1. The number of nitrogens with zero attached hydrogens (tertiary/aromatic N) is 3. The van der Waals surface area contributed by atoms with Crippen LogP contribution in [0.3, 0.4) is 0 Å². The largest absolute Gasteiger partial charge is 0.393 e. The first kappa shape index (κ1) is 27.3. The molecule has 5 rings (SSSR count). The minimum absolute atomic E-state index is 0.230. The standard InChI is InChI=1S/C23H23Cl2N5O6S2/c24-19-6-14-11(7-28-19)1-2-35-21(14)15-5-18(37-22(15)25)20(32)16-8-27-10-29-23(16)30-13-3-12(17(31)4-13)9-36-38(26,33)34/h5-8,10,12-13,17,21,31H,1-4,9H2,(H2,26,33,34)(H,27,29,30)/t12-,13-,17+,21+/m1/s1. The number of ketones is 1. The Balaban J connectivity index is 1.35. The van der Waals surface area contributed by atoms with Crippen LogP contribution >= 0.6 is 34.5 Å². The van der Waals surface area contributed by atoms with Crippen LogP contribution in [0.15, 0.2) is 30.9 Å². The molecule has 0 amide bonds. The fourth-order valence-corrected chi connectivity index (χ4v) is 6.55. The lowest BCUT2D eigenvalue weighted by molar-refractivity contribution is 0.0699. The second-order valence-electron chi connectivity index (χ2n) is 9.08. The lowest BCUT2D eigenvalue weighted by Crippen LogP contribution is -2.24. The van der Waals surface area contributed by atoms with Gasteiger partial charge in [0.05, 0.1) is 34.1 Å². The highest BCUT2D eigenvalue weighted by atomic mass is 35.5. The molecule has 1 saturated carbocycles. The number of aromatic nitrogens is 3. The van der Waals surface area contributed by atoms with E-state index in [1.807, 2.05) is 0 Å². The van der Waals surface area contributed by atoms with Crippen molar-refractivity contribution in [3.8, 4) is 0 Å². The Bertz CT molecular complexity index is 1470. The number of aliphatic hydroxyl groups is 1. The summed E-state index contributed by atoms with van der Waals surface area (Å²) in [6.45, 7) is 0.241. The topological polar surface area (TPSA) is 167 Å². The third-order valence-corrected chi connectivity index (χ3v) is 8.61. The van der Waals surface area contributed by atoms with Crippen molar-refractivity contribution in [1.29, 1.82) is 0 Å². The molecule has 15 heteroatoms. The van der Waals surface area contributed by atoms with E-state index in [0.29, 0.717) is 51.6 Å². The number of anilines is 1. The molecular weight excluding hydrogens is 577 g/mol. The summed E-state index contributed by atoms with van der Waals surface area (Å²) in [4.78, 5) is 26.3. The zero-order chi connectivity index (χ0) is 27.0. The van der Waals surface area contributed by atoms with Gasteiger partial charge < -0.3 is 15.2 Å². The quantitative estimate of drug-likeness (QED) is 0.258. The smallest absolute Gasteiger partial charge is 0.333 e. The summed E-state index contributed by atoms with van der Waals surface area (Å²) in [5, 5.41) is 18.8. The van der Waals surface area contributed by atoms with Gasteiger partial charge in [0.2, 0.25) is 5.78 Å². The van der Waals surface area contributed by atoms with Crippen LogP contribution in [0.25, 0.3) is 0 Å². The molecule has 0 aromatic carbocycles. The Hall–Kier alpha value is -2.23. The van der Waals surface area contributed by atoms with E-state index < -0.39 is 28.4 Å². The number of halogens is 2. The van der Waals surface area contributed by atoms with E-state index >= 15 is 0 Å². The zero-order valence-electron chi connectivity index (χ0n) is 19.7. The van der Waals surface area contributed by atoms with Crippen LogP contribution in [0, 0.1) is 5.92 Å². The summed E-state index contributed by atoms with van der Waals surface area (Å²) in [6, 6.07) is 3.18. The molecule has 2 aliphatic rings. The van der Waals surface area contributed by atoms with Gasteiger partial charge in [0.15, 0.2) is 0 Å². The predicted octanol–water partition coefficient (Wildman–Crippen LogP) is 2.90. The number of rotatable bonds is 8. The molecule has 11 nitrogen and oxygen atoms in total. The highest BCUT2D eigenvalue weighted by molar-refractivity contribution is 7.84. The third-order valence-electron chi connectivity index (χ3n) is 6.55. The van der Waals surface area contributed by atoms with E-state index in [1.54, 1.807) is 18.3 Å². The molecule has 4 heterocycles. The molecule has 202 valence electrons. The number of thiophene rings is 1. The van der Waals surface area contributed by atoms with Crippen molar-refractivity contribution in [1.82, 2.24) is 15.0 Å². The van der Waals surface area contributed by atoms with E-state index in [1.165, 1.54) is 12.5 Å². The maximum atomic E-state index is 13.5. The number of hydrogen-bond acceptors (Lipinski definition) is 11. The maximum absolute atomic E-state index is 13.5. The van der Waals surface area contributed by atoms with Crippen LogP contribution in [0.2, 0.25) is 9.49 Å². The van der Waals surface area contributed by atoms with Crippen molar-refractivity contribution in [2.45, 2.75) is 37.5 Å². The second kappa shape index (κ2) is 11.1. The fraction of sp³-hybridized carbons (Fsp3) is 0.391. The van der Waals surface area contributed by atoms with E-state index in [4.69, 9.17) is 33.1 Å². The Labute approximate surface area is 232 Å². The number of hydrogen-bond donors (Lipinski definition) is 3. The van der Waals surface area contributed by atoms with Gasteiger partial charge in [-0.05, 0) is 42.5 Å². The van der Waals surface area contributed by atoms with Gasteiger partial charge in [-0.15, -0.1) is 11.3 Å². The number of fused-ring (bicyclic) bond motifs is 1. The summed E-state index contributed by atoms with van der Waals surface area (Å²) >= 11 is 13.8. The monoisotopic (exact) mass is 599 g/mol. The second-order valence-corrected chi connectivity index (χ2v) is 12.3. The van der Waals surface area contributed by atoms with Crippen LogP contribution in [0.4, 0.5) is 5.82 Å². The van der Waals surface area contributed by atoms with E-state index in [2.05, 4.69) is 24.5 Å². The first-order valence-corrected chi connectivity index (χ1v) is 14.6. The van der Waals surface area contributed by atoms with Crippen molar-refractivity contribution < 1.29 is 27.2 Å². The molecule has 1 aliphatic carbocycles. The summed E-state index contributed by atoms with van der Waals surface area (Å²) in [6.07, 6.45) is 4.55. The van der Waals surface area contributed by atoms with Gasteiger partial charge in [-0.3, -0.25) is 8.98 Å². The van der Waals surface area contributed by atoms with Gasteiger partial charge in [-0.25, -0.2) is 20.1 Å². The van der Waals surface area contributed by atoms with E-state index in [9.17, 15) is 18.3 Å². The van der Waals surface area contributed by atoms with Gasteiger partial charge in [0, 0.05) is 29.9 Å². The van der Waals surface area contributed by atoms with Crippen molar-refractivity contribution >= 4 is 56.4 Å². The minimum atomic E-state index is -4.11. The summed E-state index contributed by atoms with van der Waals surface area (Å²) in [7, 11) is -4.11. The molecule has 4 N–H and O–H groups in total. The van der Waals surface area contributed by atoms with Gasteiger partial charge in [-0.1, -0.05) is 23.2 Å². The predicted molar refractivity (Wildman–Crippen MR) is 141 cm³/mol. The summed E-state index contributed by atoms with van der Waals surface area (Å²) in [5.41, 5.74) is 2.76. The Kier molecular flexibility index (Phi) is 7.99. The Morgan fingerprint density at radius 1 is 1.24 bits per heavy atom. The van der Waals surface area contributed by atoms with Gasteiger partial charge in [-0.2, -0.15) is 8.42 Å². The molecule has 1 aliphatic heterocycles. The SMILES string of the molecule is NS(=O)(=O)OC[C@H]1C[C@@H](Nc2ncncc2C(=O)c2cc([C@H]3OCCc4cnc(Cl)cc43)c(Cl)s2)C[C@@H]1O. The lowest BCUT2D eigenvalue weighted by atomic mass is 9.96. The van der Waals surface area contributed by atoms with Crippen molar-refractivity contribution in [3.63, 3.8) is 0 Å². The molecule has 0 spiro atoms. The number of nitrogens with one attached hydrogen (secondary N) is 1. The number of pyridine rings is 1. The molecule has 1 fully saturated rings. The first-order valence-electron chi connectivity index (χ1n) is 11.6. The number of carbonyl (C=O) groups excluding carboxylic acids is 1. The average Bonchev–Trinajstić information content (AvgIpc) is 3.43. The van der Waals surface area contributed by atoms with E-state index in [-0.39, 0.29) is 24.0 Å². The zero-order valence-corrected chi connectivity index (χ0v) is 22.9. The molecule has 3 aromatic rings. The van der Waals surface area contributed by atoms with Gasteiger partial charge in [0.25, 0.3) is 0 Å². The maximum Gasteiger partial charge on any atom is 0.333 e. The lowest BCUT2D eigenvalue weighted by Gasteiger charge is -2.25. The fourth-order valence-electron chi connectivity index (χ4n) is 4.75. The van der Waals surface area contributed by atoms with Gasteiger partial charge >= 0.3 is 10.3 Å². The van der Waals surface area contributed by atoms with Gasteiger partial charge in [0.1, 0.15) is 23.4 Å². The molecule has 3 aromatic heterocycles. The molecule has 4 atom stereocenters. The molecule has 0 unspecified atom stereocenters. The summed E-state index contributed by atoms with van der Waals surface area (Å²) < 4.78 is 33.3. The molecular formula is C23H23Cl2N5O6S2. The van der Waals surface area contributed by atoms with E-state index in [0.717, 1.165) is 22.5 Å². The highest BCUT2D eigenvalue weighted by Crippen LogP contribution is 2.41. The third kappa shape index (κ3) is 6.00. The Morgan fingerprint density at radius 3 is 2.84 bits per heavy atom. The number of carbonyl (C=O) groups is 1. The molecule has 0 saturated heterocycles. The molecule has 38 heavy (non-hydrogen) atoms. The van der Waals surface area contributed by atoms with Crippen LogP contribution in [-0.2, 0) is 25.6 Å². The Morgan fingerprint density at radius 2 is 2.05 bits per heavy atom. The van der Waals surface area contributed by atoms with Crippen LogP contribution < -0.4 is 10.5 Å². The minimum Gasteiger partial charge on any atom is -0.393 e. The van der Waals surface area contributed by atoms with Crippen LogP contribution in [-0.4, -0.2) is 59.6 Å². The van der Waals surface area contributed by atoms with Crippen molar-refractivity contribution in [2.75, 3.05) is 18.5 Å². The normalized spacial score (nSPS) is 23.3. The number of nitrogens with two attached hydrogens (primary N) is 1. The highest BCUT2D eigenvalue weighted by Gasteiger charge is 2.35. The molecule has 0 bridgehead atoms. The van der Waals surface area contributed by atoms with Crippen molar-refractivity contribution in [2.24, 2.45) is 11.1 Å². The number of aliphatic hydroxyl groups excluding tert-OH is 1. The first-order chi connectivity index (χ1) is 18.1. The van der Waals surface area contributed by atoms with Crippen molar-refractivity contribution in [3.05, 3.63) is 67.5 Å². The molecule has 0 radical (unpaired) electrons. The average molecular weight is 601 g/mol. The van der Waals surface area contributed by atoms with Crippen LogP contribution in [0.5, 0.6) is 0 Å². The van der Waals surface area contributed by atoms with Crippen LogP contribution in [0.1, 0.15) is 50.9 Å². The summed E-state index contributed by atoms with van der Waals surface area (Å²) in [5.74, 6) is -0.492.